The summed E-state index contributed by atoms with van der Waals surface area (Å²) in [6.07, 6.45) is 6.27. The molecule has 4 aliphatic rings. The molecule has 6 heteroatoms. The van der Waals surface area contributed by atoms with Crippen LogP contribution in [0.15, 0.2) is 24.3 Å². The smallest absolute Gasteiger partial charge is 0.310 e. The van der Waals surface area contributed by atoms with Crippen molar-refractivity contribution in [2.75, 3.05) is 18.4 Å². The minimum Gasteiger partial charge on any atom is -0.462 e. The van der Waals surface area contributed by atoms with Crippen LogP contribution in [-0.4, -0.2) is 41.9 Å². The molecule has 2 amide bonds. The van der Waals surface area contributed by atoms with E-state index in [-0.39, 0.29) is 47.6 Å². The molecule has 1 N–H and O–H groups in total. The Hall–Kier alpha value is -2.37. The van der Waals surface area contributed by atoms with Gasteiger partial charge in [0.25, 0.3) is 5.91 Å². The Morgan fingerprint density at radius 2 is 1.71 bits per heavy atom. The molecule has 6 nitrogen and oxygen atoms in total. The van der Waals surface area contributed by atoms with Gasteiger partial charge in [0, 0.05) is 30.3 Å². The number of likely N-dealkylation sites (tertiary alicyclic amines) is 1. The number of nitrogens with one attached hydrogen (secondary N) is 1. The van der Waals surface area contributed by atoms with Crippen molar-refractivity contribution in [3.63, 3.8) is 0 Å². The van der Waals surface area contributed by atoms with Gasteiger partial charge in [-0.05, 0) is 55.9 Å². The van der Waals surface area contributed by atoms with Gasteiger partial charge >= 0.3 is 5.97 Å². The molecule has 148 valence electrons. The van der Waals surface area contributed by atoms with Crippen LogP contribution < -0.4 is 5.32 Å². The fourth-order valence-corrected chi connectivity index (χ4v) is 5.74. The number of rotatable bonds is 3. The highest BCUT2D eigenvalue weighted by atomic mass is 16.6. The molecule has 0 unspecified atom stereocenters. The second-order valence-electron chi connectivity index (χ2n) is 8.70. The summed E-state index contributed by atoms with van der Waals surface area (Å²) >= 11 is 0. The maximum absolute atomic E-state index is 12.8. The van der Waals surface area contributed by atoms with E-state index in [1.165, 1.54) is 12.8 Å². The van der Waals surface area contributed by atoms with Gasteiger partial charge < -0.3 is 15.0 Å². The van der Waals surface area contributed by atoms with E-state index in [4.69, 9.17) is 4.74 Å². The lowest BCUT2D eigenvalue weighted by Crippen LogP contribution is -2.35. The summed E-state index contributed by atoms with van der Waals surface area (Å²) < 4.78 is 5.42. The average molecular weight is 382 g/mol. The Bertz CT molecular complexity index is 795. The van der Waals surface area contributed by atoms with Crippen molar-refractivity contribution in [2.24, 2.45) is 23.7 Å². The largest absolute Gasteiger partial charge is 0.462 e. The first-order valence-electron chi connectivity index (χ1n) is 10.5. The number of hydrogen-bond donors (Lipinski definition) is 1. The first-order valence-corrected chi connectivity index (χ1v) is 10.5. The Balaban J connectivity index is 1.25. The molecule has 1 aromatic rings. The monoisotopic (exact) mass is 382 g/mol. The summed E-state index contributed by atoms with van der Waals surface area (Å²) in [6, 6.07) is 7.13. The Morgan fingerprint density at radius 1 is 1.00 bits per heavy atom. The fourth-order valence-electron chi connectivity index (χ4n) is 5.74. The molecule has 4 fully saturated rings. The number of anilines is 1. The molecule has 2 saturated heterocycles. The van der Waals surface area contributed by atoms with Gasteiger partial charge in [0.15, 0.2) is 0 Å². The van der Waals surface area contributed by atoms with Crippen LogP contribution in [0.2, 0.25) is 0 Å². The van der Waals surface area contributed by atoms with E-state index in [1.807, 2.05) is 4.90 Å². The van der Waals surface area contributed by atoms with E-state index < -0.39 is 0 Å². The summed E-state index contributed by atoms with van der Waals surface area (Å²) in [4.78, 5) is 39.6. The third kappa shape index (κ3) is 2.90. The highest BCUT2D eigenvalue weighted by molar-refractivity contribution is 5.98. The van der Waals surface area contributed by atoms with Crippen LogP contribution in [0.25, 0.3) is 0 Å². The molecule has 5 atom stereocenters. The highest BCUT2D eigenvalue weighted by Crippen LogP contribution is 2.57. The average Bonchev–Trinajstić information content (AvgIpc) is 3.21. The SMILES string of the molecule is O=C(Nc1ccc(C(=O)N2CCCCCC2)cc1)[C@H]1[C@@H]2C[C@@H]3[C@@H]1C(=O)O[C@@H]3C2. The van der Waals surface area contributed by atoms with Crippen molar-refractivity contribution < 1.29 is 19.1 Å². The van der Waals surface area contributed by atoms with Crippen molar-refractivity contribution in [3.05, 3.63) is 29.8 Å². The molecule has 28 heavy (non-hydrogen) atoms. The van der Waals surface area contributed by atoms with Crippen molar-refractivity contribution in [1.29, 1.82) is 0 Å². The van der Waals surface area contributed by atoms with Crippen molar-refractivity contribution >= 4 is 23.5 Å². The zero-order valence-electron chi connectivity index (χ0n) is 15.9. The quantitative estimate of drug-likeness (QED) is 0.816. The molecular formula is C22H26N2O4. The number of esters is 1. The molecule has 2 aliphatic heterocycles. The first kappa shape index (κ1) is 17.7. The fraction of sp³-hybridized carbons (Fsp3) is 0.591. The summed E-state index contributed by atoms with van der Waals surface area (Å²) in [5.41, 5.74) is 1.32. The standard InChI is InChI=1S/C22H26N2O4/c25-20(18-14-11-16-17(12-14)28-22(27)19(16)18)23-15-7-5-13(6-8-15)21(26)24-9-3-1-2-4-10-24/h5-8,14,16-19H,1-4,9-12H2,(H,23,25)/t14-,16+,17-,18+,19+/m1/s1. The number of benzene rings is 1. The molecule has 2 heterocycles. The van der Waals surface area contributed by atoms with Crippen LogP contribution in [-0.2, 0) is 14.3 Å². The van der Waals surface area contributed by atoms with Crippen LogP contribution in [0.5, 0.6) is 0 Å². The molecule has 2 aliphatic carbocycles. The minimum absolute atomic E-state index is 0.0378. The van der Waals surface area contributed by atoms with Crippen molar-refractivity contribution in [1.82, 2.24) is 4.90 Å². The summed E-state index contributed by atoms with van der Waals surface area (Å²) in [7, 11) is 0. The third-order valence-electron chi connectivity index (χ3n) is 7.08. The third-order valence-corrected chi connectivity index (χ3v) is 7.08. The van der Waals surface area contributed by atoms with E-state index in [2.05, 4.69) is 5.32 Å². The maximum atomic E-state index is 12.8. The van der Waals surface area contributed by atoms with Gasteiger partial charge in [-0.25, -0.2) is 0 Å². The van der Waals surface area contributed by atoms with Gasteiger partial charge in [-0.2, -0.15) is 0 Å². The molecule has 5 rings (SSSR count). The number of nitrogens with zero attached hydrogens (tertiary/aromatic N) is 1. The number of ether oxygens (including phenoxy) is 1. The molecule has 2 saturated carbocycles. The van der Waals surface area contributed by atoms with Crippen molar-refractivity contribution in [2.45, 2.75) is 44.6 Å². The summed E-state index contributed by atoms with van der Waals surface area (Å²) in [5.74, 6) is -0.318. The maximum Gasteiger partial charge on any atom is 0.310 e. The lowest BCUT2D eigenvalue weighted by molar-refractivity contribution is -0.145. The molecule has 1 aromatic carbocycles. The number of carbonyl (C=O) groups is 3. The Morgan fingerprint density at radius 3 is 2.43 bits per heavy atom. The molecule has 0 radical (unpaired) electrons. The second kappa shape index (κ2) is 6.90. The molecular weight excluding hydrogens is 356 g/mol. The van der Waals surface area contributed by atoms with Gasteiger partial charge in [-0.15, -0.1) is 0 Å². The van der Waals surface area contributed by atoms with E-state index >= 15 is 0 Å². The van der Waals surface area contributed by atoms with Gasteiger partial charge in [0.05, 0.1) is 11.8 Å². The molecule has 0 aromatic heterocycles. The van der Waals surface area contributed by atoms with Crippen LogP contribution in [0, 0.1) is 23.7 Å². The van der Waals surface area contributed by atoms with Crippen LogP contribution >= 0.6 is 0 Å². The number of carbonyl (C=O) groups excluding carboxylic acids is 3. The number of hydrogen-bond acceptors (Lipinski definition) is 4. The van der Waals surface area contributed by atoms with Gasteiger partial charge in [-0.3, -0.25) is 14.4 Å². The zero-order chi connectivity index (χ0) is 19.3. The Labute approximate surface area is 164 Å². The van der Waals surface area contributed by atoms with Gasteiger partial charge in [-0.1, -0.05) is 12.8 Å². The zero-order valence-corrected chi connectivity index (χ0v) is 15.9. The number of fused-ring (bicyclic) bond motifs is 1. The van der Waals surface area contributed by atoms with E-state index in [1.54, 1.807) is 24.3 Å². The first-order chi connectivity index (χ1) is 13.6. The Kier molecular flexibility index (Phi) is 4.37. The topological polar surface area (TPSA) is 75.7 Å². The van der Waals surface area contributed by atoms with E-state index in [0.29, 0.717) is 11.3 Å². The van der Waals surface area contributed by atoms with Crippen LogP contribution in [0.3, 0.4) is 0 Å². The molecule has 2 bridgehead atoms. The van der Waals surface area contributed by atoms with E-state index in [9.17, 15) is 14.4 Å². The normalized spacial score (nSPS) is 33.5. The predicted octanol–water partition coefficient (Wildman–Crippen LogP) is 2.84. The van der Waals surface area contributed by atoms with Crippen LogP contribution in [0.1, 0.15) is 48.9 Å². The minimum atomic E-state index is -0.283. The predicted molar refractivity (Wildman–Crippen MR) is 103 cm³/mol. The van der Waals surface area contributed by atoms with Crippen LogP contribution in [0.4, 0.5) is 5.69 Å². The van der Waals surface area contributed by atoms with Gasteiger partial charge in [0.1, 0.15) is 6.10 Å². The second-order valence-corrected chi connectivity index (χ2v) is 8.70. The molecule has 0 spiro atoms. The number of amides is 2. The van der Waals surface area contributed by atoms with Gasteiger partial charge in [0.2, 0.25) is 5.91 Å². The highest BCUT2D eigenvalue weighted by Gasteiger charge is 2.63. The summed E-state index contributed by atoms with van der Waals surface area (Å²) in [5, 5.41) is 2.96. The lowest BCUT2D eigenvalue weighted by atomic mass is 9.79. The van der Waals surface area contributed by atoms with E-state index in [0.717, 1.165) is 38.8 Å². The lowest BCUT2D eigenvalue weighted by Gasteiger charge is -2.23. The summed E-state index contributed by atoms with van der Waals surface area (Å²) in [6.45, 7) is 1.64. The van der Waals surface area contributed by atoms with Crippen molar-refractivity contribution in [3.8, 4) is 0 Å².